The molecule has 0 aromatic heterocycles. The number of nitrogens with zero attached hydrogens (tertiary/aromatic N) is 1. The van der Waals surface area contributed by atoms with E-state index >= 15 is 0 Å². The first-order chi connectivity index (χ1) is 9.13. The average Bonchev–Trinajstić information content (AvgIpc) is 2.42. The lowest BCUT2D eigenvalue weighted by Gasteiger charge is -2.09. The molecule has 96 valence electrons. The summed E-state index contributed by atoms with van der Waals surface area (Å²) in [4.78, 5) is 0. The lowest BCUT2D eigenvalue weighted by molar-refractivity contribution is 0.285. The molecular formula is C14H8ClF2NO. The van der Waals surface area contributed by atoms with E-state index in [9.17, 15) is 8.78 Å². The zero-order valence-electron chi connectivity index (χ0n) is 9.66. The van der Waals surface area contributed by atoms with Gasteiger partial charge in [0.05, 0.1) is 10.6 Å². The Morgan fingerprint density at radius 3 is 2.58 bits per heavy atom. The van der Waals surface area contributed by atoms with Crippen LogP contribution in [0.1, 0.15) is 11.1 Å². The van der Waals surface area contributed by atoms with Gasteiger partial charge < -0.3 is 4.74 Å². The average molecular weight is 280 g/mol. The fourth-order valence-electron chi connectivity index (χ4n) is 1.53. The number of ether oxygens (including phenoxy) is 1. The molecule has 5 heteroatoms. The lowest BCUT2D eigenvalue weighted by atomic mass is 10.1. The summed E-state index contributed by atoms with van der Waals surface area (Å²) in [5, 5.41) is 8.63. The summed E-state index contributed by atoms with van der Waals surface area (Å²) in [5.74, 6) is -1.41. The minimum atomic E-state index is -0.694. The Kier molecular flexibility index (Phi) is 3.98. The van der Waals surface area contributed by atoms with E-state index in [-0.39, 0.29) is 28.5 Å². The van der Waals surface area contributed by atoms with E-state index in [1.807, 2.05) is 0 Å². The number of halogens is 3. The maximum Gasteiger partial charge on any atom is 0.183 e. The first-order valence-electron chi connectivity index (χ1n) is 5.37. The highest BCUT2D eigenvalue weighted by Crippen LogP contribution is 2.25. The standard InChI is InChI=1S/C14H8ClF2NO/c15-11-5-2-6-12(14(11)17)19-8-10-4-1-3-9(7-18)13(10)16/h1-6H,8H2. The second-order valence-corrected chi connectivity index (χ2v) is 4.14. The minimum Gasteiger partial charge on any atom is -0.486 e. The van der Waals surface area contributed by atoms with E-state index in [0.717, 1.165) is 0 Å². The van der Waals surface area contributed by atoms with E-state index in [4.69, 9.17) is 21.6 Å². The van der Waals surface area contributed by atoms with Crippen LogP contribution < -0.4 is 4.74 Å². The number of rotatable bonds is 3. The third-order valence-corrected chi connectivity index (χ3v) is 2.79. The van der Waals surface area contributed by atoms with Gasteiger partial charge in [-0.25, -0.2) is 8.78 Å². The van der Waals surface area contributed by atoms with E-state index in [1.165, 1.54) is 36.4 Å². The van der Waals surface area contributed by atoms with Crippen molar-refractivity contribution in [1.82, 2.24) is 0 Å². The maximum atomic E-state index is 13.7. The topological polar surface area (TPSA) is 33.0 Å². The Morgan fingerprint density at radius 2 is 1.84 bits per heavy atom. The lowest BCUT2D eigenvalue weighted by Crippen LogP contribution is -2.01. The smallest absolute Gasteiger partial charge is 0.183 e. The monoisotopic (exact) mass is 279 g/mol. The normalized spacial score (nSPS) is 10.0. The molecule has 0 atom stereocenters. The third kappa shape index (κ3) is 2.83. The first kappa shape index (κ1) is 13.3. The Morgan fingerprint density at radius 1 is 1.11 bits per heavy atom. The molecule has 0 saturated heterocycles. The van der Waals surface area contributed by atoms with Gasteiger partial charge in [-0.2, -0.15) is 5.26 Å². The quantitative estimate of drug-likeness (QED) is 0.848. The first-order valence-corrected chi connectivity index (χ1v) is 5.75. The minimum absolute atomic E-state index is 0.0609. The summed E-state index contributed by atoms with van der Waals surface area (Å²) >= 11 is 5.60. The molecule has 0 aliphatic heterocycles. The van der Waals surface area contributed by atoms with Crippen molar-refractivity contribution >= 4 is 11.6 Å². The predicted octanol–water partition coefficient (Wildman–Crippen LogP) is 4.07. The molecule has 0 spiro atoms. The summed E-state index contributed by atoms with van der Waals surface area (Å²) in [6.07, 6.45) is 0. The molecule has 0 fully saturated rings. The Labute approximate surface area is 113 Å². The number of benzene rings is 2. The summed E-state index contributed by atoms with van der Waals surface area (Å²) in [6, 6.07) is 10.4. The van der Waals surface area contributed by atoms with Crippen LogP contribution in [0.2, 0.25) is 5.02 Å². The third-order valence-electron chi connectivity index (χ3n) is 2.50. The van der Waals surface area contributed by atoms with Crippen LogP contribution in [0.15, 0.2) is 36.4 Å². The number of nitriles is 1. The highest BCUT2D eigenvalue weighted by Gasteiger charge is 2.11. The molecule has 0 N–H and O–H groups in total. The van der Waals surface area contributed by atoms with Crippen LogP contribution in [-0.4, -0.2) is 0 Å². The highest BCUT2D eigenvalue weighted by atomic mass is 35.5. The van der Waals surface area contributed by atoms with Gasteiger partial charge in [0.2, 0.25) is 0 Å². The molecule has 0 radical (unpaired) electrons. The van der Waals surface area contributed by atoms with Crippen molar-refractivity contribution in [2.24, 2.45) is 0 Å². The van der Waals surface area contributed by atoms with Gasteiger partial charge in [0.1, 0.15) is 18.5 Å². The van der Waals surface area contributed by atoms with E-state index in [2.05, 4.69) is 0 Å². The van der Waals surface area contributed by atoms with Gasteiger partial charge in [0.25, 0.3) is 0 Å². The summed E-state index contributed by atoms with van der Waals surface area (Å²) in [7, 11) is 0. The van der Waals surface area contributed by atoms with E-state index in [1.54, 1.807) is 6.07 Å². The van der Waals surface area contributed by atoms with Crippen molar-refractivity contribution in [1.29, 1.82) is 5.26 Å². The summed E-state index contributed by atoms with van der Waals surface area (Å²) < 4.78 is 32.5. The van der Waals surface area contributed by atoms with Crippen molar-refractivity contribution in [2.75, 3.05) is 0 Å². The molecule has 2 aromatic carbocycles. The zero-order valence-corrected chi connectivity index (χ0v) is 10.4. The molecule has 0 saturated carbocycles. The molecule has 0 aliphatic carbocycles. The largest absolute Gasteiger partial charge is 0.486 e. The fraction of sp³-hybridized carbons (Fsp3) is 0.0714. The van der Waals surface area contributed by atoms with Crippen LogP contribution in [0.5, 0.6) is 5.75 Å². The van der Waals surface area contributed by atoms with Crippen LogP contribution in [-0.2, 0) is 6.61 Å². The molecule has 2 nitrogen and oxygen atoms in total. The molecule has 2 rings (SSSR count). The van der Waals surface area contributed by atoms with Crippen molar-refractivity contribution in [3.8, 4) is 11.8 Å². The van der Waals surface area contributed by atoms with Gasteiger partial charge in [-0.15, -0.1) is 0 Å². The summed E-state index contributed by atoms with van der Waals surface area (Å²) in [5.41, 5.74) is 0.103. The number of hydrogen-bond donors (Lipinski definition) is 0. The zero-order chi connectivity index (χ0) is 13.8. The van der Waals surface area contributed by atoms with Crippen LogP contribution in [0.25, 0.3) is 0 Å². The Bertz CT molecular complexity index is 652. The van der Waals surface area contributed by atoms with Gasteiger partial charge in [-0.1, -0.05) is 29.8 Å². The van der Waals surface area contributed by atoms with Crippen molar-refractivity contribution in [3.63, 3.8) is 0 Å². The van der Waals surface area contributed by atoms with Crippen molar-refractivity contribution in [2.45, 2.75) is 6.61 Å². The molecular weight excluding hydrogens is 272 g/mol. The maximum absolute atomic E-state index is 13.7. The Hall–Kier alpha value is -2.12. The molecule has 0 amide bonds. The molecule has 0 bridgehead atoms. The van der Waals surface area contributed by atoms with Crippen LogP contribution >= 0.6 is 11.6 Å². The second-order valence-electron chi connectivity index (χ2n) is 3.73. The van der Waals surface area contributed by atoms with Gasteiger partial charge in [-0.3, -0.25) is 0 Å². The predicted molar refractivity (Wildman–Crippen MR) is 66.9 cm³/mol. The molecule has 0 unspecified atom stereocenters. The molecule has 2 aromatic rings. The SMILES string of the molecule is N#Cc1cccc(COc2cccc(Cl)c2F)c1F. The van der Waals surface area contributed by atoms with Crippen LogP contribution in [0.4, 0.5) is 8.78 Å². The van der Waals surface area contributed by atoms with E-state index < -0.39 is 11.6 Å². The second kappa shape index (κ2) is 5.68. The molecule has 0 heterocycles. The van der Waals surface area contributed by atoms with Crippen molar-refractivity contribution < 1.29 is 13.5 Å². The van der Waals surface area contributed by atoms with Gasteiger partial charge in [0, 0.05) is 5.56 Å². The van der Waals surface area contributed by atoms with Crippen LogP contribution in [0.3, 0.4) is 0 Å². The summed E-state index contributed by atoms with van der Waals surface area (Å²) in [6.45, 7) is -0.182. The van der Waals surface area contributed by atoms with Crippen LogP contribution in [0, 0.1) is 23.0 Å². The fourth-order valence-corrected chi connectivity index (χ4v) is 1.69. The molecule has 0 aliphatic rings. The van der Waals surface area contributed by atoms with Gasteiger partial charge in [0.15, 0.2) is 11.6 Å². The van der Waals surface area contributed by atoms with E-state index in [0.29, 0.717) is 0 Å². The number of hydrogen-bond acceptors (Lipinski definition) is 2. The van der Waals surface area contributed by atoms with Gasteiger partial charge in [-0.05, 0) is 18.2 Å². The van der Waals surface area contributed by atoms with Gasteiger partial charge >= 0.3 is 0 Å². The molecule has 19 heavy (non-hydrogen) atoms. The highest BCUT2D eigenvalue weighted by molar-refractivity contribution is 6.30. The Balaban J connectivity index is 2.20. The van der Waals surface area contributed by atoms with Crippen molar-refractivity contribution in [3.05, 3.63) is 64.2 Å².